The molecule has 1 aliphatic carbocycles. The molecule has 1 heterocycles. The topological polar surface area (TPSA) is 30.5 Å². The monoisotopic (exact) mass is 229 g/mol. The Morgan fingerprint density at radius 2 is 2.06 bits per heavy atom. The molecule has 0 radical (unpaired) electrons. The van der Waals surface area contributed by atoms with Crippen molar-refractivity contribution >= 4 is 0 Å². The Labute approximate surface area is 98.4 Å². The SMILES string of the molecule is CC1CC[NH+](CC2CCCC(F)C2)C(N)C1. The molecule has 1 aliphatic heterocycles. The zero-order chi connectivity index (χ0) is 11.5. The summed E-state index contributed by atoms with van der Waals surface area (Å²) in [4.78, 5) is 1.53. The van der Waals surface area contributed by atoms with E-state index in [9.17, 15) is 4.39 Å². The number of rotatable bonds is 2. The molecule has 0 amide bonds. The normalized spacial score (nSPS) is 45.6. The molecule has 2 nitrogen and oxygen atoms in total. The van der Waals surface area contributed by atoms with E-state index in [0.29, 0.717) is 12.1 Å². The van der Waals surface area contributed by atoms with Crippen molar-refractivity contribution in [3.05, 3.63) is 0 Å². The van der Waals surface area contributed by atoms with Gasteiger partial charge in [0.15, 0.2) is 0 Å². The molecular weight excluding hydrogens is 203 g/mol. The molecule has 16 heavy (non-hydrogen) atoms. The third kappa shape index (κ3) is 3.17. The van der Waals surface area contributed by atoms with Crippen molar-refractivity contribution in [2.24, 2.45) is 17.6 Å². The standard InChI is InChI=1S/C13H25FN2/c1-10-5-6-16(13(15)7-10)9-11-3-2-4-12(14)8-11/h10-13H,2-9,15H2,1H3/p+1. The minimum atomic E-state index is -0.543. The second-order valence-electron chi connectivity index (χ2n) is 5.98. The zero-order valence-electron chi connectivity index (χ0n) is 10.4. The quantitative estimate of drug-likeness (QED) is 0.730. The fourth-order valence-corrected chi connectivity index (χ4v) is 3.37. The summed E-state index contributed by atoms with van der Waals surface area (Å²) in [6.07, 6.45) is 6.04. The lowest BCUT2D eigenvalue weighted by Gasteiger charge is -2.36. The number of halogens is 1. The Balaban J connectivity index is 1.80. The van der Waals surface area contributed by atoms with Gasteiger partial charge in [-0.2, -0.15) is 0 Å². The largest absolute Gasteiger partial charge is 0.320 e. The van der Waals surface area contributed by atoms with Crippen LogP contribution in [0.25, 0.3) is 0 Å². The molecule has 2 aliphatic rings. The Bertz CT molecular complexity index is 222. The number of alkyl halides is 1. The first kappa shape index (κ1) is 12.3. The Morgan fingerprint density at radius 1 is 1.25 bits per heavy atom. The van der Waals surface area contributed by atoms with Crippen LogP contribution in [0.4, 0.5) is 4.39 Å². The molecule has 0 aromatic rings. The molecule has 5 unspecified atom stereocenters. The highest BCUT2D eigenvalue weighted by Crippen LogP contribution is 2.25. The summed E-state index contributed by atoms with van der Waals surface area (Å²) in [6.45, 7) is 4.58. The fourth-order valence-electron chi connectivity index (χ4n) is 3.37. The summed E-state index contributed by atoms with van der Waals surface area (Å²) in [5.41, 5.74) is 6.19. The van der Waals surface area contributed by atoms with Crippen molar-refractivity contribution in [3.63, 3.8) is 0 Å². The molecule has 5 atom stereocenters. The van der Waals surface area contributed by atoms with E-state index in [1.165, 1.54) is 24.3 Å². The molecule has 3 N–H and O–H groups in total. The van der Waals surface area contributed by atoms with Crippen LogP contribution in [-0.2, 0) is 0 Å². The molecule has 0 aromatic carbocycles. The lowest BCUT2D eigenvalue weighted by molar-refractivity contribution is -0.935. The van der Waals surface area contributed by atoms with Crippen molar-refractivity contribution in [3.8, 4) is 0 Å². The molecule has 94 valence electrons. The molecule has 0 aromatic heterocycles. The molecular formula is C13H26FN2+. The number of nitrogens with one attached hydrogen (secondary N) is 1. The minimum Gasteiger partial charge on any atom is -0.320 e. The molecule has 3 heteroatoms. The molecule has 0 bridgehead atoms. The first-order valence-electron chi connectivity index (χ1n) is 6.89. The summed E-state index contributed by atoms with van der Waals surface area (Å²) >= 11 is 0. The molecule has 0 spiro atoms. The number of quaternary nitrogens is 1. The van der Waals surface area contributed by atoms with E-state index in [2.05, 4.69) is 6.92 Å². The van der Waals surface area contributed by atoms with E-state index in [-0.39, 0.29) is 0 Å². The maximum absolute atomic E-state index is 13.3. The van der Waals surface area contributed by atoms with Crippen molar-refractivity contribution in [2.45, 2.75) is 57.8 Å². The van der Waals surface area contributed by atoms with E-state index in [1.807, 2.05) is 0 Å². The maximum atomic E-state index is 13.3. The highest BCUT2D eigenvalue weighted by atomic mass is 19.1. The van der Waals surface area contributed by atoms with Gasteiger partial charge in [0.25, 0.3) is 0 Å². The summed E-state index contributed by atoms with van der Waals surface area (Å²) in [5.74, 6) is 1.36. The summed E-state index contributed by atoms with van der Waals surface area (Å²) < 4.78 is 13.3. The van der Waals surface area contributed by atoms with Crippen molar-refractivity contribution in [1.29, 1.82) is 0 Å². The minimum absolute atomic E-state index is 0.295. The second kappa shape index (κ2) is 5.46. The number of hydrogen-bond acceptors (Lipinski definition) is 1. The van der Waals surface area contributed by atoms with Gasteiger partial charge in [0, 0.05) is 12.3 Å². The van der Waals surface area contributed by atoms with E-state index in [4.69, 9.17) is 5.73 Å². The zero-order valence-corrected chi connectivity index (χ0v) is 10.4. The van der Waals surface area contributed by atoms with Gasteiger partial charge >= 0.3 is 0 Å². The van der Waals surface area contributed by atoms with Crippen LogP contribution >= 0.6 is 0 Å². The lowest BCUT2D eigenvalue weighted by Crippen LogP contribution is -3.19. The summed E-state index contributed by atoms with van der Waals surface area (Å²) in [7, 11) is 0. The smallest absolute Gasteiger partial charge is 0.139 e. The van der Waals surface area contributed by atoms with Crippen molar-refractivity contribution in [2.75, 3.05) is 13.1 Å². The Hall–Kier alpha value is -0.150. The third-order valence-electron chi connectivity index (χ3n) is 4.41. The number of nitrogens with two attached hydrogens (primary N) is 1. The van der Waals surface area contributed by atoms with Crippen LogP contribution < -0.4 is 10.6 Å². The van der Waals surface area contributed by atoms with Crippen LogP contribution in [0.3, 0.4) is 0 Å². The summed E-state index contributed by atoms with van der Waals surface area (Å²) in [6, 6.07) is 0. The predicted octanol–water partition coefficient (Wildman–Crippen LogP) is 1.11. The van der Waals surface area contributed by atoms with Crippen LogP contribution in [0.2, 0.25) is 0 Å². The van der Waals surface area contributed by atoms with Gasteiger partial charge in [-0.1, -0.05) is 13.3 Å². The number of likely N-dealkylation sites (tertiary alicyclic amines) is 1. The van der Waals surface area contributed by atoms with Crippen LogP contribution in [-0.4, -0.2) is 25.4 Å². The van der Waals surface area contributed by atoms with Gasteiger partial charge in [-0.3, -0.25) is 5.73 Å². The molecule has 2 fully saturated rings. The van der Waals surface area contributed by atoms with Gasteiger partial charge in [0.2, 0.25) is 0 Å². The average Bonchev–Trinajstić information content (AvgIpc) is 2.22. The second-order valence-corrected chi connectivity index (χ2v) is 5.98. The highest BCUT2D eigenvalue weighted by Gasteiger charge is 2.31. The number of hydrogen-bond donors (Lipinski definition) is 2. The first-order chi connectivity index (χ1) is 7.65. The first-order valence-corrected chi connectivity index (χ1v) is 6.89. The third-order valence-corrected chi connectivity index (χ3v) is 4.41. The Morgan fingerprint density at radius 3 is 2.75 bits per heavy atom. The predicted molar refractivity (Wildman–Crippen MR) is 63.9 cm³/mol. The van der Waals surface area contributed by atoms with Crippen molar-refractivity contribution in [1.82, 2.24) is 0 Å². The van der Waals surface area contributed by atoms with Crippen LogP contribution in [0.5, 0.6) is 0 Å². The van der Waals surface area contributed by atoms with Gasteiger partial charge < -0.3 is 4.90 Å². The van der Waals surface area contributed by atoms with Crippen molar-refractivity contribution < 1.29 is 9.29 Å². The van der Waals surface area contributed by atoms with E-state index in [1.54, 1.807) is 0 Å². The lowest BCUT2D eigenvalue weighted by atomic mass is 9.86. The highest BCUT2D eigenvalue weighted by molar-refractivity contribution is 4.72. The summed E-state index contributed by atoms with van der Waals surface area (Å²) in [5, 5.41) is 0. The molecule has 1 saturated carbocycles. The van der Waals surface area contributed by atoms with Gasteiger partial charge in [0.05, 0.1) is 13.1 Å². The van der Waals surface area contributed by atoms with Gasteiger partial charge in [-0.15, -0.1) is 0 Å². The van der Waals surface area contributed by atoms with Gasteiger partial charge in [-0.05, 0) is 31.6 Å². The van der Waals surface area contributed by atoms with Crippen LogP contribution in [0.15, 0.2) is 0 Å². The maximum Gasteiger partial charge on any atom is 0.139 e. The number of piperidine rings is 1. The van der Waals surface area contributed by atoms with E-state index >= 15 is 0 Å². The van der Waals surface area contributed by atoms with Crippen LogP contribution in [0.1, 0.15) is 45.4 Å². The van der Waals surface area contributed by atoms with E-state index in [0.717, 1.165) is 38.1 Å². The average molecular weight is 229 g/mol. The Kier molecular flexibility index (Phi) is 4.20. The molecule has 1 saturated heterocycles. The van der Waals surface area contributed by atoms with E-state index < -0.39 is 6.17 Å². The van der Waals surface area contributed by atoms with Gasteiger partial charge in [0.1, 0.15) is 12.3 Å². The fraction of sp³-hybridized carbons (Fsp3) is 1.00. The van der Waals surface area contributed by atoms with Gasteiger partial charge in [-0.25, -0.2) is 4.39 Å². The molecule has 2 rings (SSSR count). The van der Waals surface area contributed by atoms with Crippen LogP contribution in [0, 0.1) is 11.8 Å².